The first kappa shape index (κ1) is 28.4. The SMILES string of the molecule is CCOC(=O)CC(C)(C)CCCCC(C)(C#N)CCCCC(C)(C)CC(=O)OCC. The Hall–Kier alpha value is -1.57. The molecule has 0 heterocycles. The van der Waals surface area contributed by atoms with E-state index < -0.39 is 0 Å². The molecule has 0 unspecified atom stereocenters. The molecule has 0 aliphatic rings. The monoisotopic (exact) mass is 423 g/mol. The molecule has 5 heteroatoms. The maximum absolute atomic E-state index is 11.7. The van der Waals surface area contributed by atoms with Crippen molar-refractivity contribution in [3.63, 3.8) is 0 Å². The molecule has 0 atom stereocenters. The molecule has 30 heavy (non-hydrogen) atoms. The van der Waals surface area contributed by atoms with E-state index in [1.54, 1.807) is 0 Å². The van der Waals surface area contributed by atoms with E-state index >= 15 is 0 Å². The second-order valence-corrected chi connectivity index (χ2v) is 10.4. The predicted molar refractivity (Wildman–Crippen MR) is 121 cm³/mol. The highest BCUT2D eigenvalue weighted by Crippen LogP contribution is 2.35. The molecule has 0 N–H and O–H groups in total. The highest BCUT2D eigenvalue weighted by molar-refractivity contribution is 5.70. The number of carbonyl (C=O) groups excluding carboxylic acids is 2. The van der Waals surface area contributed by atoms with Gasteiger partial charge in [-0.05, 0) is 57.3 Å². The molecule has 0 rings (SSSR count). The molecule has 0 bridgehead atoms. The maximum atomic E-state index is 11.7. The third-order valence-electron chi connectivity index (χ3n) is 5.79. The summed E-state index contributed by atoms with van der Waals surface area (Å²) in [4.78, 5) is 23.4. The van der Waals surface area contributed by atoms with Gasteiger partial charge < -0.3 is 9.47 Å². The van der Waals surface area contributed by atoms with Crippen molar-refractivity contribution in [2.24, 2.45) is 16.2 Å². The molecule has 0 radical (unpaired) electrons. The van der Waals surface area contributed by atoms with Gasteiger partial charge >= 0.3 is 11.9 Å². The smallest absolute Gasteiger partial charge is 0.306 e. The minimum Gasteiger partial charge on any atom is -0.466 e. The summed E-state index contributed by atoms with van der Waals surface area (Å²) in [5, 5.41) is 9.69. The summed E-state index contributed by atoms with van der Waals surface area (Å²) in [6, 6.07) is 2.52. The van der Waals surface area contributed by atoms with Crippen molar-refractivity contribution >= 4 is 11.9 Å². The molecular formula is C25H45NO4. The van der Waals surface area contributed by atoms with Gasteiger partial charge in [0, 0.05) is 0 Å². The normalized spacial score (nSPS) is 12.3. The third-order valence-corrected chi connectivity index (χ3v) is 5.79. The number of hydrogen-bond acceptors (Lipinski definition) is 5. The molecule has 174 valence electrons. The van der Waals surface area contributed by atoms with Crippen molar-refractivity contribution in [2.45, 2.75) is 113 Å². The molecule has 0 fully saturated rings. The Morgan fingerprint density at radius 1 is 0.700 bits per heavy atom. The van der Waals surface area contributed by atoms with Crippen LogP contribution in [0.3, 0.4) is 0 Å². The summed E-state index contributed by atoms with van der Waals surface area (Å²) in [6.07, 6.45) is 8.55. The van der Waals surface area contributed by atoms with Gasteiger partial charge in [-0.3, -0.25) is 9.59 Å². The Morgan fingerprint density at radius 2 is 1.03 bits per heavy atom. The van der Waals surface area contributed by atoms with Gasteiger partial charge in [-0.25, -0.2) is 0 Å². The van der Waals surface area contributed by atoms with E-state index in [0.717, 1.165) is 51.4 Å². The summed E-state index contributed by atoms with van der Waals surface area (Å²) in [6.45, 7) is 15.0. The highest BCUT2D eigenvalue weighted by Gasteiger charge is 2.27. The molecule has 0 aliphatic carbocycles. The summed E-state index contributed by atoms with van der Waals surface area (Å²) in [7, 11) is 0. The number of ether oxygens (including phenoxy) is 2. The van der Waals surface area contributed by atoms with Crippen molar-refractivity contribution in [3.05, 3.63) is 0 Å². The number of nitriles is 1. The van der Waals surface area contributed by atoms with Crippen molar-refractivity contribution in [2.75, 3.05) is 13.2 Å². The lowest BCUT2D eigenvalue weighted by Gasteiger charge is -2.26. The van der Waals surface area contributed by atoms with Crippen molar-refractivity contribution < 1.29 is 19.1 Å². The van der Waals surface area contributed by atoms with Gasteiger partial charge in [-0.15, -0.1) is 0 Å². The molecule has 0 spiro atoms. The zero-order valence-corrected chi connectivity index (χ0v) is 20.6. The number of rotatable bonds is 16. The number of unbranched alkanes of at least 4 members (excludes halogenated alkanes) is 2. The van der Waals surface area contributed by atoms with Crippen LogP contribution in [0.2, 0.25) is 0 Å². The lowest BCUT2D eigenvalue weighted by Crippen LogP contribution is -2.20. The average molecular weight is 424 g/mol. The second-order valence-electron chi connectivity index (χ2n) is 10.4. The van der Waals surface area contributed by atoms with Gasteiger partial charge in [0.05, 0.1) is 37.5 Å². The van der Waals surface area contributed by atoms with Crippen molar-refractivity contribution in [3.8, 4) is 6.07 Å². The van der Waals surface area contributed by atoms with Gasteiger partial charge in [0.15, 0.2) is 0 Å². The second kappa shape index (κ2) is 13.7. The van der Waals surface area contributed by atoms with Gasteiger partial charge in [0.1, 0.15) is 0 Å². The molecule has 0 aromatic rings. The van der Waals surface area contributed by atoms with E-state index in [2.05, 4.69) is 40.7 Å². The lowest BCUT2D eigenvalue weighted by molar-refractivity contribution is -0.146. The van der Waals surface area contributed by atoms with E-state index in [1.807, 2.05) is 13.8 Å². The van der Waals surface area contributed by atoms with Crippen LogP contribution in [0.1, 0.15) is 113 Å². The summed E-state index contributed by atoms with van der Waals surface area (Å²) in [5.74, 6) is -0.259. The van der Waals surface area contributed by atoms with E-state index in [1.165, 1.54) is 0 Å². The van der Waals surface area contributed by atoms with Crippen LogP contribution in [0, 0.1) is 27.6 Å². The van der Waals surface area contributed by atoms with Crippen LogP contribution < -0.4 is 0 Å². The van der Waals surface area contributed by atoms with Crippen LogP contribution >= 0.6 is 0 Å². The first-order valence-electron chi connectivity index (χ1n) is 11.6. The minimum atomic E-state index is -0.309. The molecule has 5 nitrogen and oxygen atoms in total. The Kier molecular flexibility index (Phi) is 13.0. The molecule has 0 amide bonds. The van der Waals surface area contributed by atoms with Gasteiger partial charge in [-0.1, -0.05) is 53.4 Å². The van der Waals surface area contributed by atoms with Crippen molar-refractivity contribution in [1.29, 1.82) is 5.26 Å². The maximum Gasteiger partial charge on any atom is 0.306 e. The van der Waals surface area contributed by atoms with E-state index in [-0.39, 0.29) is 28.2 Å². The third kappa shape index (κ3) is 13.6. The van der Waals surface area contributed by atoms with E-state index in [9.17, 15) is 14.9 Å². The number of esters is 2. The standard InChI is InChI=1S/C25H45NO4/c1-8-29-21(27)18-23(3,4)14-10-12-16-25(7,20-26)17-13-11-15-24(5,6)19-22(28)30-9-2/h8-19H2,1-7H3. The average Bonchev–Trinajstić information content (AvgIpc) is 2.62. The van der Waals surface area contributed by atoms with Crippen LogP contribution in [-0.4, -0.2) is 25.2 Å². The first-order chi connectivity index (χ1) is 13.9. The summed E-state index contributed by atoms with van der Waals surface area (Å²) < 4.78 is 10.1. The molecule has 0 aliphatic heterocycles. The quantitative estimate of drug-likeness (QED) is 0.206. The van der Waals surface area contributed by atoms with E-state index in [4.69, 9.17) is 9.47 Å². The Labute approximate surface area is 184 Å². The zero-order valence-electron chi connectivity index (χ0n) is 20.6. The Morgan fingerprint density at radius 3 is 1.33 bits per heavy atom. The number of nitrogens with zero attached hydrogens (tertiary/aromatic N) is 1. The summed E-state index contributed by atoms with van der Waals surface area (Å²) in [5.41, 5.74) is -0.448. The minimum absolute atomic E-state index is 0.0696. The van der Waals surface area contributed by atoms with Crippen LogP contribution in [0.25, 0.3) is 0 Å². The molecule has 0 saturated carbocycles. The molecule has 0 saturated heterocycles. The first-order valence-corrected chi connectivity index (χ1v) is 11.6. The Balaban J connectivity index is 4.25. The lowest BCUT2D eigenvalue weighted by atomic mass is 9.78. The predicted octanol–water partition coefficient (Wildman–Crippen LogP) is 6.60. The van der Waals surface area contributed by atoms with Crippen LogP contribution in [0.4, 0.5) is 0 Å². The largest absolute Gasteiger partial charge is 0.466 e. The fourth-order valence-corrected chi connectivity index (χ4v) is 3.86. The van der Waals surface area contributed by atoms with Gasteiger partial charge in [0.2, 0.25) is 0 Å². The molecule has 0 aromatic heterocycles. The van der Waals surface area contributed by atoms with Gasteiger partial charge in [0.25, 0.3) is 0 Å². The Bertz CT molecular complexity index is 520. The number of hydrogen-bond donors (Lipinski definition) is 0. The molecular weight excluding hydrogens is 378 g/mol. The highest BCUT2D eigenvalue weighted by atomic mass is 16.5. The zero-order chi connectivity index (χ0) is 23.3. The van der Waals surface area contributed by atoms with Crippen LogP contribution in [0.5, 0.6) is 0 Å². The summed E-state index contributed by atoms with van der Waals surface area (Å²) >= 11 is 0. The van der Waals surface area contributed by atoms with Crippen LogP contribution in [-0.2, 0) is 19.1 Å². The van der Waals surface area contributed by atoms with Crippen molar-refractivity contribution in [1.82, 2.24) is 0 Å². The van der Waals surface area contributed by atoms with Crippen LogP contribution in [0.15, 0.2) is 0 Å². The van der Waals surface area contributed by atoms with Gasteiger partial charge in [-0.2, -0.15) is 5.26 Å². The fraction of sp³-hybridized carbons (Fsp3) is 0.880. The topological polar surface area (TPSA) is 76.4 Å². The molecule has 0 aromatic carbocycles. The number of carbonyl (C=O) groups is 2. The fourth-order valence-electron chi connectivity index (χ4n) is 3.86. The van der Waals surface area contributed by atoms with E-state index in [0.29, 0.717) is 26.1 Å².